The number of nitrogens with zero attached hydrogens (tertiary/aromatic N) is 2. The van der Waals surface area contributed by atoms with Gasteiger partial charge >= 0.3 is 0 Å². The van der Waals surface area contributed by atoms with Crippen molar-refractivity contribution in [1.82, 2.24) is 9.80 Å². The molecule has 0 aliphatic carbocycles. The summed E-state index contributed by atoms with van der Waals surface area (Å²) in [6.45, 7) is 3.05. The Hall–Kier alpha value is -2.82. The molecule has 2 aromatic carbocycles. The molecule has 0 radical (unpaired) electrons. The Labute approximate surface area is 172 Å². The molecule has 0 aromatic heterocycles. The van der Waals surface area contributed by atoms with E-state index in [0.717, 1.165) is 36.3 Å². The average Bonchev–Trinajstić information content (AvgIpc) is 3.14. The highest BCUT2D eigenvalue weighted by atomic mass is 16.5. The van der Waals surface area contributed by atoms with Gasteiger partial charge in [0.2, 0.25) is 11.8 Å². The number of hydrogen-bond acceptors (Lipinski definition) is 3. The number of likely N-dealkylation sites (tertiary alicyclic amines) is 2. The van der Waals surface area contributed by atoms with Crippen molar-refractivity contribution in [3.63, 3.8) is 0 Å². The second kappa shape index (κ2) is 8.27. The number of amides is 2. The molecular weight excluding hydrogens is 364 g/mol. The molecule has 5 nitrogen and oxygen atoms in total. The molecular formula is C24H28N2O3. The number of piperidine rings is 1. The summed E-state index contributed by atoms with van der Waals surface area (Å²) in [5, 5.41) is 0. The van der Waals surface area contributed by atoms with E-state index in [4.69, 9.17) is 4.74 Å². The lowest BCUT2D eigenvalue weighted by atomic mass is 9.85. The Morgan fingerprint density at radius 3 is 2.41 bits per heavy atom. The number of carbonyl (C=O) groups is 2. The number of carbonyl (C=O) groups excluding carboxylic acids is 2. The van der Waals surface area contributed by atoms with Crippen LogP contribution in [0.2, 0.25) is 0 Å². The van der Waals surface area contributed by atoms with E-state index in [0.29, 0.717) is 13.0 Å². The lowest BCUT2D eigenvalue weighted by Crippen LogP contribution is -2.54. The Morgan fingerprint density at radius 2 is 1.76 bits per heavy atom. The van der Waals surface area contributed by atoms with E-state index in [1.54, 1.807) is 14.0 Å². The van der Waals surface area contributed by atoms with Crippen LogP contribution in [0.15, 0.2) is 54.6 Å². The third-order valence-corrected chi connectivity index (χ3v) is 6.33. The Balaban J connectivity index is 1.63. The van der Waals surface area contributed by atoms with Crippen molar-refractivity contribution in [3.05, 3.63) is 65.7 Å². The first-order chi connectivity index (χ1) is 14.1. The maximum absolute atomic E-state index is 13.3. The van der Waals surface area contributed by atoms with Gasteiger partial charge in [0.25, 0.3) is 0 Å². The van der Waals surface area contributed by atoms with Crippen molar-refractivity contribution in [3.8, 4) is 5.75 Å². The van der Waals surface area contributed by atoms with Gasteiger partial charge in [-0.2, -0.15) is 0 Å². The summed E-state index contributed by atoms with van der Waals surface area (Å²) in [6, 6.07) is 18.1. The van der Waals surface area contributed by atoms with Crippen LogP contribution in [-0.4, -0.2) is 53.9 Å². The molecule has 0 saturated carbocycles. The summed E-state index contributed by atoms with van der Waals surface area (Å²) < 4.78 is 5.29. The fourth-order valence-electron chi connectivity index (χ4n) is 4.96. The van der Waals surface area contributed by atoms with E-state index in [1.165, 1.54) is 0 Å². The predicted octanol–water partition coefficient (Wildman–Crippen LogP) is 3.24. The molecule has 3 atom stereocenters. The molecule has 0 N–H and O–H groups in total. The molecule has 4 rings (SSSR count). The van der Waals surface area contributed by atoms with Crippen LogP contribution in [0.1, 0.15) is 36.8 Å². The largest absolute Gasteiger partial charge is 0.497 e. The van der Waals surface area contributed by atoms with E-state index in [2.05, 4.69) is 12.1 Å². The number of ether oxygens (including phenoxy) is 1. The van der Waals surface area contributed by atoms with E-state index >= 15 is 0 Å². The first-order valence-corrected chi connectivity index (χ1v) is 10.3. The minimum atomic E-state index is 0.0252. The van der Waals surface area contributed by atoms with E-state index in [9.17, 15) is 9.59 Å². The molecule has 5 heteroatoms. The van der Waals surface area contributed by atoms with Crippen LogP contribution in [0, 0.1) is 0 Å². The van der Waals surface area contributed by atoms with Gasteiger partial charge < -0.3 is 14.5 Å². The Morgan fingerprint density at radius 1 is 1.03 bits per heavy atom. The molecule has 2 aromatic rings. The minimum Gasteiger partial charge on any atom is -0.497 e. The highest BCUT2D eigenvalue weighted by Crippen LogP contribution is 2.40. The molecule has 0 spiro atoms. The fourth-order valence-corrected chi connectivity index (χ4v) is 4.96. The van der Waals surface area contributed by atoms with Crippen molar-refractivity contribution in [2.24, 2.45) is 0 Å². The quantitative estimate of drug-likeness (QED) is 0.803. The van der Waals surface area contributed by atoms with Gasteiger partial charge in [0.05, 0.1) is 25.6 Å². The van der Waals surface area contributed by atoms with Crippen LogP contribution in [-0.2, 0) is 16.0 Å². The predicted molar refractivity (Wildman–Crippen MR) is 112 cm³/mol. The third-order valence-electron chi connectivity index (χ3n) is 6.33. The molecule has 2 aliphatic heterocycles. The van der Waals surface area contributed by atoms with Gasteiger partial charge in [0.15, 0.2) is 0 Å². The molecule has 2 heterocycles. The number of fused-ring (bicyclic) bond motifs is 1. The SMILES string of the molecule is COc1ccc([C@H]2CN(C(C)=O)[C@@H]3CCCN(C(=O)Cc4ccccc4)[C@H]23)cc1. The molecule has 152 valence electrons. The van der Waals surface area contributed by atoms with Crippen LogP contribution in [0.4, 0.5) is 0 Å². The first-order valence-electron chi connectivity index (χ1n) is 10.3. The molecule has 0 unspecified atom stereocenters. The van der Waals surface area contributed by atoms with Crippen molar-refractivity contribution < 1.29 is 14.3 Å². The zero-order valence-corrected chi connectivity index (χ0v) is 17.1. The third kappa shape index (κ3) is 3.86. The van der Waals surface area contributed by atoms with Gasteiger partial charge in [-0.25, -0.2) is 0 Å². The van der Waals surface area contributed by atoms with Gasteiger partial charge in [-0.15, -0.1) is 0 Å². The highest BCUT2D eigenvalue weighted by Gasteiger charge is 2.49. The smallest absolute Gasteiger partial charge is 0.227 e. The van der Waals surface area contributed by atoms with Crippen LogP contribution >= 0.6 is 0 Å². The maximum Gasteiger partial charge on any atom is 0.227 e. The molecule has 0 bridgehead atoms. The number of rotatable bonds is 4. The average molecular weight is 392 g/mol. The Bertz CT molecular complexity index is 865. The van der Waals surface area contributed by atoms with E-state index in [-0.39, 0.29) is 29.8 Å². The maximum atomic E-state index is 13.3. The van der Waals surface area contributed by atoms with E-state index in [1.807, 2.05) is 52.3 Å². The monoisotopic (exact) mass is 392 g/mol. The van der Waals surface area contributed by atoms with Gasteiger partial charge in [0, 0.05) is 25.9 Å². The van der Waals surface area contributed by atoms with Crippen molar-refractivity contribution >= 4 is 11.8 Å². The van der Waals surface area contributed by atoms with Crippen molar-refractivity contribution in [1.29, 1.82) is 0 Å². The molecule has 29 heavy (non-hydrogen) atoms. The summed E-state index contributed by atoms with van der Waals surface area (Å²) in [5.74, 6) is 1.17. The van der Waals surface area contributed by atoms with Gasteiger partial charge in [-0.3, -0.25) is 9.59 Å². The minimum absolute atomic E-state index is 0.0252. The van der Waals surface area contributed by atoms with Crippen LogP contribution in [0.25, 0.3) is 0 Å². The zero-order chi connectivity index (χ0) is 20.4. The Kier molecular flexibility index (Phi) is 5.56. The summed E-state index contributed by atoms with van der Waals surface area (Å²) in [7, 11) is 1.66. The topological polar surface area (TPSA) is 49.9 Å². The molecule has 2 fully saturated rings. The van der Waals surface area contributed by atoms with Gasteiger partial charge in [-0.05, 0) is 36.1 Å². The van der Waals surface area contributed by atoms with Crippen molar-refractivity contribution in [2.45, 2.75) is 44.2 Å². The second-order valence-corrected chi connectivity index (χ2v) is 8.00. The lowest BCUT2D eigenvalue weighted by molar-refractivity contribution is -0.138. The lowest BCUT2D eigenvalue weighted by Gasteiger charge is -2.41. The number of hydrogen-bond donors (Lipinski definition) is 0. The van der Waals surface area contributed by atoms with Gasteiger partial charge in [0.1, 0.15) is 5.75 Å². The van der Waals surface area contributed by atoms with E-state index < -0.39 is 0 Å². The standard InChI is InChI=1S/C24H28N2O3/c1-17(27)26-16-21(19-10-12-20(29-2)13-11-19)24-22(26)9-6-14-25(24)23(28)15-18-7-4-3-5-8-18/h3-5,7-8,10-13,21-22,24H,6,9,14-16H2,1-2H3/t21-,22-,24-/m1/s1. The van der Waals surface area contributed by atoms with Crippen LogP contribution in [0.5, 0.6) is 5.75 Å². The normalized spacial score (nSPS) is 23.6. The summed E-state index contributed by atoms with van der Waals surface area (Å²) in [6.07, 6.45) is 2.28. The highest BCUT2D eigenvalue weighted by molar-refractivity contribution is 5.80. The molecule has 2 aliphatic rings. The number of methoxy groups -OCH3 is 1. The molecule has 2 amide bonds. The van der Waals surface area contributed by atoms with Crippen LogP contribution < -0.4 is 4.74 Å². The molecule has 2 saturated heterocycles. The van der Waals surface area contributed by atoms with Gasteiger partial charge in [-0.1, -0.05) is 42.5 Å². The summed E-state index contributed by atoms with van der Waals surface area (Å²) in [4.78, 5) is 29.6. The second-order valence-electron chi connectivity index (χ2n) is 8.00. The first kappa shape index (κ1) is 19.5. The van der Waals surface area contributed by atoms with Crippen LogP contribution in [0.3, 0.4) is 0 Å². The zero-order valence-electron chi connectivity index (χ0n) is 17.1. The summed E-state index contributed by atoms with van der Waals surface area (Å²) in [5.41, 5.74) is 2.19. The fraction of sp³-hybridized carbons (Fsp3) is 0.417. The number of benzene rings is 2. The summed E-state index contributed by atoms with van der Waals surface area (Å²) >= 11 is 0. The van der Waals surface area contributed by atoms with Crippen molar-refractivity contribution in [2.75, 3.05) is 20.2 Å².